The maximum absolute atomic E-state index is 12.0. The van der Waals surface area contributed by atoms with E-state index in [1.54, 1.807) is 11.3 Å². The fraction of sp³-hybridized carbons (Fsp3) is 0.389. The zero-order chi connectivity index (χ0) is 16.7. The quantitative estimate of drug-likeness (QED) is 0.727. The molecule has 0 saturated heterocycles. The van der Waals surface area contributed by atoms with E-state index < -0.39 is 6.10 Å². The number of thiophene rings is 1. The zero-order valence-corrected chi connectivity index (χ0v) is 14.3. The van der Waals surface area contributed by atoms with Crippen LogP contribution >= 0.6 is 11.3 Å². The van der Waals surface area contributed by atoms with Crippen LogP contribution in [0.2, 0.25) is 0 Å². The van der Waals surface area contributed by atoms with Crippen molar-refractivity contribution in [2.75, 3.05) is 0 Å². The number of urea groups is 1. The van der Waals surface area contributed by atoms with E-state index in [1.165, 1.54) is 4.88 Å². The number of hydrogen-bond donors (Lipinski definition) is 3. The van der Waals surface area contributed by atoms with Gasteiger partial charge in [0.15, 0.2) is 0 Å². The molecular weight excluding hydrogens is 308 g/mol. The summed E-state index contributed by atoms with van der Waals surface area (Å²) in [7, 11) is 0. The topological polar surface area (TPSA) is 61.4 Å². The van der Waals surface area contributed by atoms with Crippen molar-refractivity contribution in [3.8, 4) is 0 Å². The summed E-state index contributed by atoms with van der Waals surface area (Å²) in [5.74, 6) is 0. The summed E-state index contributed by atoms with van der Waals surface area (Å²) in [5, 5.41) is 18.0. The predicted octanol–water partition coefficient (Wildman–Crippen LogP) is 3.49. The second-order valence-electron chi connectivity index (χ2n) is 5.87. The zero-order valence-electron chi connectivity index (χ0n) is 13.5. The minimum absolute atomic E-state index is 0.0693. The summed E-state index contributed by atoms with van der Waals surface area (Å²) in [6.45, 7) is 3.89. The molecule has 0 aliphatic rings. The number of rotatable bonds is 7. The maximum Gasteiger partial charge on any atom is 0.315 e. The molecule has 0 aliphatic heterocycles. The molecule has 3 unspecified atom stereocenters. The van der Waals surface area contributed by atoms with Crippen molar-refractivity contribution in [1.82, 2.24) is 10.6 Å². The minimum atomic E-state index is -0.574. The summed E-state index contributed by atoms with van der Waals surface area (Å²) < 4.78 is 0. The van der Waals surface area contributed by atoms with Gasteiger partial charge in [-0.05, 0) is 37.3 Å². The standard InChI is InChI=1S/C18H24N2O2S/c1-13(11-16-9-6-10-23-16)19-18(22)20-14(2)12-17(21)15-7-4-3-5-8-15/h3-10,13-14,17,21H,11-12H2,1-2H3,(H2,19,20,22). The van der Waals surface area contributed by atoms with E-state index in [1.807, 2.05) is 55.6 Å². The van der Waals surface area contributed by atoms with Gasteiger partial charge in [-0.1, -0.05) is 36.4 Å². The average molecular weight is 332 g/mol. The van der Waals surface area contributed by atoms with Gasteiger partial charge in [-0.25, -0.2) is 4.79 Å². The molecule has 0 fully saturated rings. The number of amides is 2. The van der Waals surface area contributed by atoms with E-state index in [-0.39, 0.29) is 18.1 Å². The van der Waals surface area contributed by atoms with E-state index in [0.717, 1.165) is 12.0 Å². The average Bonchev–Trinajstić information content (AvgIpc) is 3.00. The lowest BCUT2D eigenvalue weighted by atomic mass is 10.0. The highest BCUT2D eigenvalue weighted by molar-refractivity contribution is 7.09. The molecule has 0 saturated carbocycles. The van der Waals surface area contributed by atoms with Crippen LogP contribution in [0.3, 0.4) is 0 Å². The van der Waals surface area contributed by atoms with Crippen molar-refractivity contribution in [3.05, 3.63) is 58.3 Å². The molecule has 3 N–H and O–H groups in total. The van der Waals surface area contributed by atoms with Gasteiger partial charge in [-0.15, -0.1) is 11.3 Å². The summed E-state index contributed by atoms with van der Waals surface area (Å²) in [6, 6.07) is 13.3. The fourth-order valence-electron chi connectivity index (χ4n) is 2.48. The van der Waals surface area contributed by atoms with Crippen LogP contribution in [0.4, 0.5) is 4.79 Å². The first-order chi connectivity index (χ1) is 11.0. The fourth-order valence-corrected chi connectivity index (χ4v) is 3.31. The highest BCUT2D eigenvalue weighted by Gasteiger charge is 2.15. The molecule has 4 nitrogen and oxygen atoms in total. The van der Waals surface area contributed by atoms with Gasteiger partial charge in [0.2, 0.25) is 0 Å². The lowest BCUT2D eigenvalue weighted by Crippen LogP contribution is -2.45. The number of aliphatic hydroxyl groups excluding tert-OH is 1. The molecule has 1 heterocycles. The van der Waals surface area contributed by atoms with Gasteiger partial charge < -0.3 is 15.7 Å². The predicted molar refractivity (Wildman–Crippen MR) is 94.6 cm³/mol. The molecule has 0 radical (unpaired) electrons. The molecule has 2 aromatic rings. The minimum Gasteiger partial charge on any atom is -0.388 e. The Morgan fingerprint density at radius 2 is 1.78 bits per heavy atom. The second-order valence-corrected chi connectivity index (χ2v) is 6.90. The Balaban J connectivity index is 1.73. The van der Waals surface area contributed by atoms with Gasteiger partial charge >= 0.3 is 6.03 Å². The van der Waals surface area contributed by atoms with Crippen LogP contribution in [0.15, 0.2) is 47.8 Å². The third-order valence-corrected chi connectivity index (χ3v) is 4.50. The highest BCUT2D eigenvalue weighted by atomic mass is 32.1. The molecule has 1 aromatic heterocycles. The van der Waals surface area contributed by atoms with Gasteiger partial charge in [0.1, 0.15) is 0 Å². The summed E-state index contributed by atoms with van der Waals surface area (Å²) >= 11 is 1.69. The lowest BCUT2D eigenvalue weighted by molar-refractivity contribution is 0.154. The maximum atomic E-state index is 12.0. The molecular formula is C18H24N2O2S. The van der Waals surface area contributed by atoms with E-state index in [9.17, 15) is 9.90 Å². The van der Waals surface area contributed by atoms with E-state index in [0.29, 0.717) is 6.42 Å². The van der Waals surface area contributed by atoms with E-state index in [4.69, 9.17) is 0 Å². The van der Waals surface area contributed by atoms with Crippen molar-refractivity contribution in [2.24, 2.45) is 0 Å². The molecule has 2 amide bonds. The highest BCUT2D eigenvalue weighted by Crippen LogP contribution is 2.17. The van der Waals surface area contributed by atoms with Crippen molar-refractivity contribution >= 4 is 17.4 Å². The number of nitrogens with one attached hydrogen (secondary N) is 2. The number of aliphatic hydroxyl groups is 1. The molecule has 0 aliphatic carbocycles. The Labute approximate surface area is 141 Å². The Kier molecular flexibility index (Phi) is 6.62. The van der Waals surface area contributed by atoms with Crippen molar-refractivity contribution in [1.29, 1.82) is 0 Å². The van der Waals surface area contributed by atoms with Crippen LogP contribution < -0.4 is 10.6 Å². The first-order valence-electron chi connectivity index (χ1n) is 7.87. The van der Waals surface area contributed by atoms with E-state index >= 15 is 0 Å². The molecule has 5 heteroatoms. The van der Waals surface area contributed by atoms with Crippen LogP contribution in [0.25, 0.3) is 0 Å². The Morgan fingerprint density at radius 3 is 2.43 bits per heavy atom. The monoisotopic (exact) mass is 332 g/mol. The smallest absolute Gasteiger partial charge is 0.315 e. The molecule has 23 heavy (non-hydrogen) atoms. The first kappa shape index (κ1) is 17.5. The molecule has 3 atom stereocenters. The summed E-state index contributed by atoms with van der Waals surface area (Å²) in [5.41, 5.74) is 0.868. The van der Waals surface area contributed by atoms with Crippen molar-refractivity contribution in [2.45, 2.75) is 44.9 Å². The molecule has 2 rings (SSSR count). The largest absolute Gasteiger partial charge is 0.388 e. The van der Waals surface area contributed by atoms with Gasteiger partial charge in [0.05, 0.1) is 6.10 Å². The summed E-state index contributed by atoms with van der Waals surface area (Å²) in [6.07, 6.45) is 0.734. The van der Waals surface area contributed by atoms with Gasteiger partial charge in [-0.2, -0.15) is 0 Å². The van der Waals surface area contributed by atoms with Crippen molar-refractivity contribution in [3.63, 3.8) is 0 Å². The SMILES string of the molecule is CC(Cc1cccs1)NC(=O)NC(C)CC(O)c1ccccc1. The van der Waals surface area contributed by atoms with Crippen LogP contribution in [-0.4, -0.2) is 23.2 Å². The van der Waals surface area contributed by atoms with Crippen LogP contribution in [0, 0.1) is 0 Å². The van der Waals surface area contributed by atoms with Crippen LogP contribution in [0.5, 0.6) is 0 Å². The summed E-state index contributed by atoms with van der Waals surface area (Å²) in [4.78, 5) is 13.3. The Bertz CT molecular complexity index is 586. The first-order valence-corrected chi connectivity index (χ1v) is 8.75. The van der Waals surface area contributed by atoms with Gasteiger partial charge in [-0.3, -0.25) is 0 Å². The Morgan fingerprint density at radius 1 is 1.09 bits per heavy atom. The number of hydrogen-bond acceptors (Lipinski definition) is 3. The number of benzene rings is 1. The van der Waals surface area contributed by atoms with Crippen LogP contribution in [-0.2, 0) is 6.42 Å². The normalized spacial score (nSPS) is 14.7. The third kappa shape index (κ3) is 6.04. The molecule has 0 bridgehead atoms. The molecule has 1 aromatic carbocycles. The van der Waals surface area contributed by atoms with Gasteiger partial charge in [0, 0.05) is 23.4 Å². The third-order valence-electron chi connectivity index (χ3n) is 3.60. The Hall–Kier alpha value is -1.85. The lowest BCUT2D eigenvalue weighted by Gasteiger charge is -2.20. The van der Waals surface area contributed by atoms with E-state index in [2.05, 4.69) is 16.7 Å². The van der Waals surface area contributed by atoms with Gasteiger partial charge in [0.25, 0.3) is 0 Å². The number of carbonyl (C=O) groups excluding carboxylic acids is 1. The van der Waals surface area contributed by atoms with Crippen molar-refractivity contribution < 1.29 is 9.90 Å². The second kappa shape index (κ2) is 8.70. The molecule has 124 valence electrons. The number of carbonyl (C=O) groups is 1. The molecule has 0 spiro atoms. The van der Waals surface area contributed by atoms with Crippen LogP contribution in [0.1, 0.15) is 36.8 Å².